The first kappa shape index (κ1) is 18.4. The molecule has 3 aromatic carbocycles. The summed E-state index contributed by atoms with van der Waals surface area (Å²) in [6.45, 7) is 2.00. The van der Waals surface area contributed by atoms with Gasteiger partial charge in [0.05, 0.1) is 9.26 Å². The van der Waals surface area contributed by atoms with Crippen LogP contribution in [0, 0.1) is 14.1 Å². The SMILES string of the molecule is Cc1cc(-c2nc3ccccc3o2)ccc1N=Cc1cc(I)cc(I)c1O. The van der Waals surface area contributed by atoms with Crippen LogP contribution >= 0.6 is 45.2 Å². The number of nitrogens with zero attached hydrogens (tertiary/aromatic N) is 2. The van der Waals surface area contributed by atoms with Crippen molar-refractivity contribution in [2.24, 2.45) is 4.99 Å². The highest BCUT2D eigenvalue weighted by Crippen LogP contribution is 2.30. The van der Waals surface area contributed by atoms with Crippen molar-refractivity contribution < 1.29 is 9.52 Å². The second-order valence-electron chi connectivity index (χ2n) is 6.07. The van der Waals surface area contributed by atoms with E-state index < -0.39 is 0 Å². The molecule has 134 valence electrons. The van der Waals surface area contributed by atoms with Crippen LogP contribution < -0.4 is 0 Å². The molecular weight excluding hydrogens is 566 g/mol. The summed E-state index contributed by atoms with van der Waals surface area (Å²) in [5.74, 6) is 0.847. The van der Waals surface area contributed by atoms with E-state index in [-0.39, 0.29) is 5.75 Å². The van der Waals surface area contributed by atoms with E-state index in [2.05, 4.69) is 55.2 Å². The van der Waals surface area contributed by atoms with Gasteiger partial charge in [-0.15, -0.1) is 0 Å². The van der Waals surface area contributed by atoms with Gasteiger partial charge in [0, 0.05) is 20.9 Å². The Labute approximate surface area is 183 Å². The number of aryl methyl sites for hydroxylation is 1. The standard InChI is InChI=1S/C21H14I2N2O2/c1-12-8-13(21-25-18-4-2-3-5-19(18)27-21)6-7-17(12)24-11-14-9-15(22)10-16(23)20(14)26/h2-11,26H,1H3. The van der Waals surface area contributed by atoms with Crippen LogP contribution in [-0.4, -0.2) is 16.3 Å². The number of para-hydroxylation sites is 2. The van der Waals surface area contributed by atoms with E-state index in [1.807, 2.05) is 61.5 Å². The second-order valence-corrected chi connectivity index (χ2v) is 8.48. The number of halogens is 2. The van der Waals surface area contributed by atoms with Crippen molar-refractivity contribution in [2.45, 2.75) is 6.92 Å². The fourth-order valence-corrected chi connectivity index (χ4v) is 4.64. The van der Waals surface area contributed by atoms with Crippen LogP contribution in [-0.2, 0) is 0 Å². The van der Waals surface area contributed by atoms with E-state index in [4.69, 9.17) is 4.42 Å². The van der Waals surface area contributed by atoms with Gasteiger partial charge in [0.25, 0.3) is 0 Å². The lowest BCUT2D eigenvalue weighted by atomic mass is 10.1. The van der Waals surface area contributed by atoms with Crippen molar-refractivity contribution in [3.63, 3.8) is 0 Å². The molecule has 4 rings (SSSR count). The number of phenolic OH excluding ortho intramolecular Hbond substituents is 1. The van der Waals surface area contributed by atoms with Crippen molar-refractivity contribution in [2.75, 3.05) is 0 Å². The number of aliphatic imine (C=N–C) groups is 1. The summed E-state index contributed by atoms with van der Waals surface area (Å²) in [7, 11) is 0. The van der Waals surface area contributed by atoms with Gasteiger partial charge < -0.3 is 9.52 Å². The number of oxazole rings is 1. The van der Waals surface area contributed by atoms with Crippen molar-refractivity contribution >= 4 is 68.2 Å². The maximum Gasteiger partial charge on any atom is 0.227 e. The molecule has 0 amide bonds. The zero-order valence-corrected chi connectivity index (χ0v) is 18.6. The van der Waals surface area contributed by atoms with E-state index in [1.165, 1.54) is 0 Å². The van der Waals surface area contributed by atoms with Gasteiger partial charge in [0.2, 0.25) is 5.89 Å². The van der Waals surface area contributed by atoms with Crippen molar-refractivity contribution in [3.05, 3.63) is 72.9 Å². The second kappa shape index (κ2) is 7.59. The number of aromatic nitrogens is 1. The monoisotopic (exact) mass is 580 g/mol. The number of hydrogen-bond donors (Lipinski definition) is 1. The highest BCUT2D eigenvalue weighted by Gasteiger charge is 2.10. The van der Waals surface area contributed by atoms with Crippen molar-refractivity contribution in [1.82, 2.24) is 4.98 Å². The highest BCUT2D eigenvalue weighted by atomic mass is 127. The zero-order valence-electron chi connectivity index (χ0n) is 14.3. The van der Waals surface area contributed by atoms with Gasteiger partial charge in [-0.1, -0.05) is 12.1 Å². The van der Waals surface area contributed by atoms with Crippen LogP contribution in [0.15, 0.2) is 64.0 Å². The minimum absolute atomic E-state index is 0.250. The average Bonchev–Trinajstić information content (AvgIpc) is 3.08. The molecule has 1 aromatic heterocycles. The molecule has 0 aliphatic heterocycles. The quantitative estimate of drug-likeness (QED) is 0.224. The first-order valence-electron chi connectivity index (χ1n) is 8.20. The lowest BCUT2D eigenvalue weighted by molar-refractivity contribution is 0.470. The number of phenols is 1. The van der Waals surface area contributed by atoms with Gasteiger partial charge in [-0.25, -0.2) is 4.98 Å². The molecular formula is C21H14I2N2O2. The minimum atomic E-state index is 0.250. The maximum absolute atomic E-state index is 10.2. The van der Waals surface area contributed by atoms with Gasteiger partial charge in [-0.3, -0.25) is 4.99 Å². The number of fused-ring (bicyclic) bond motifs is 1. The largest absolute Gasteiger partial charge is 0.506 e. The zero-order chi connectivity index (χ0) is 19.0. The van der Waals surface area contributed by atoms with E-state index in [1.54, 1.807) is 6.21 Å². The molecule has 0 bridgehead atoms. The van der Waals surface area contributed by atoms with Crippen LogP contribution in [0.4, 0.5) is 5.69 Å². The number of rotatable bonds is 3. The first-order valence-corrected chi connectivity index (χ1v) is 10.4. The van der Waals surface area contributed by atoms with Crippen LogP contribution in [0.25, 0.3) is 22.6 Å². The predicted molar refractivity (Wildman–Crippen MR) is 125 cm³/mol. The Kier molecular flexibility index (Phi) is 5.18. The van der Waals surface area contributed by atoms with Crippen LogP contribution in [0.5, 0.6) is 5.75 Å². The Hall–Kier alpha value is -1.94. The summed E-state index contributed by atoms with van der Waals surface area (Å²) in [4.78, 5) is 9.09. The predicted octanol–water partition coefficient (Wildman–Crippen LogP) is 6.47. The smallest absolute Gasteiger partial charge is 0.227 e. The molecule has 0 spiro atoms. The van der Waals surface area contributed by atoms with E-state index in [0.29, 0.717) is 11.5 Å². The first-order chi connectivity index (χ1) is 13.0. The number of benzene rings is 3. The highest BCUT2D eigenvalue weighted by molar-refractivity contribution is 14.1. The van der Waals surface area contributed by atoms with Crippen LogP contribution in [0.1, 0.15) is 11.1 Å². The van der Waals surface area contributed by atoms with Crippen LogP contribution in [0.3, 0.4) is 0 Å². The normalized spacial score (nSPS) is 11.5. The molecule has 0 aliphatic rings. The molecule has 1 N–H and O–H groups in total. The Morgan fingerprint density at radius 3 is 2.67 bits per heavy atom. The fourth-order valence-electron chi connectivity index (χ4n) is 2.75. The Balaban J connectivity index is 1.66. The van der Waals surface area contributed by atoms with Gasteiger partial charge in [0.1, 0.15) is 11.3 Å². The molecule has 4 nitrogen and oxygen atoms in total. The topological polar surface area (TPSA) is 58.6 Å². The molecule has 1 heterocycles. The summed E-state index contributed by atoms with van der Waals surface area (Å²) in [6.07, 6.45) is 1.70. The average molecular weight is 580 g/mol. The van der Waals surface area contributed by atoms with Gasteiger partial charge in [0.15, 0.2) is 5.58 Å². The van der Waals surface area contributed by atoms with Crippen LogP contribution in [0.2, 0.25) is 0 Å². The third-order valence-corrected chi connectivity index (χ3v) is 5.58. The van der Waals surface area contributed by atoms with Crippen molar-refractivity contribution in [3.8, 4) is 17.2 Å². The minimum Gasteiger partial charge on any atom is -0.506 e. The summed E-state index contributed by atoms with van der Waals surface area (Å²) in [5, 5.41) is 10.2. The molecule has 0 saturated carbocycles. The molecule has 0 saturated heterocycles. The molecule has 0 atom stereocenters. The summed E-state index contributed by atoms with van der Waals surface area (Å²) in [5.41, 5.74) is 5.07. The molecule has 4 aromatic rings. The molecule has 0 radical (unpaired) electrons. The molecule has 6 heteroatoms. The van der Waals surface area contributed by atoms with Crippen molar-refractivity contribution in [1.29, 1.82) is 0 Å². The summed E-state index contributed by atoms with van der Waals surface area (Å²) >= 11 is 4.35. The Bertz CT molecular complexity index is 1150. The fraction of sp³-hybridized carbons (Fsp3) is 0.0476. The Morgan fingerprint density at radius 1 is 1.07 bits per heavy atom. The van der Waals surface area contributed by atoms with E-state index >= 15 is 0 Å². The summed E-state index contributed by atoms with van der Waals surface area (Å²) < 4.78 is 7.70. The Morgan fingerprint density at radius 2 is 1.89 bits per heavy atom. The maximum atomic E-state index is 10.2. The number of aromatic hydroxyl groups is 1. The lowest BCUT2D eigenvalue weighted by Crippen LogP contribution is -1.88. The number of hydrogen-bond acceptors (Lipinski definition) is 4. The molecule has 0 aliphatic carbocycles. The van der Waals surface area contributed by atoms with E-state index in [0.717, 1.165) is 35.1 Å². The lowest BCUT2D eigenvalue weighted by Gasteiger charge is -2.05. The van der Waals surface area contributed by atoms with Gasteiger partial charge in [-0.2, -0.15) is 0 Å². The summed E-state index contributed by atoms with van der Waals surface area (Å²) in [6, 6.07) is 17.4. The molecule has 0 fully saturated rings. The molecule has 27 heavy (non-hydrogen) atoms. The third kappa shape index (κ3) is 3.86. The molecule has 0 unspecified atom stereocenters. The van der Waals surface area contributed by atoms with Gasteiger partial charge >= 0.3 is 0 Å². The van der Waals surface area contributed by atoms with E-state index in [9.17, 15) is 5.11 Å². The van der Waals surface area contributed by atoms with Gasteiger partial charge in [-0.05, 0) is 100 Å². The third-order valence-electron chi connectivity index (χ3n) is 4.14.